The Hall–Kier alpha value is -1.69. The van der Waals surface area contributed by atoms with E-state index in [9.17, 15) is 10.1 Å². The summed E-state index contributed by atoms with van der Waals surface area (Å²) in [5.41, 5.74) is 1.39. The van der Waals surface area contributed by atoms with Gasteiger partial charge in [-0.15, -0.1) is 0 Å². The minimum atomic E-state index is -0.392. The SMILES string of the molecule is COCCN(C)c1ccc(C[N+](=O)[O-])nc1. The normalized spacial score (nSPS) is 10.1. The van der Waals surface area contributed by atoms with Crippen molar-refractivity contribution in [1.29, 1.82) is 0 Å². The van der Waals surface area contributed by atoms with Gasteiger partial charge >= 0.3 is 0 Å². The predicted octanol–water partition coefficient (Wildman–Crippen LogP) is 0.941. The summed E-state index contributed by atoms with van der Waals surface area (Å²) >= 11 is 0. The molecule has 0 fully saturated rings. The van der Waals surface area contributed by atoms with Crippen molar-refractivity contribution < 1.29 is 9.66 Å². The highest BCUT2D eigenvalue weighted by Gasteiger charge is 2.05. The molecule has 1 aromatic rings. The molecular weight excluding hydrogens is 210 g/mol. The van der Waals surface area contributed by atoms with E-state index < -0.39 is 4.92 Å². The van der Waals surface area contributed by atoms with E-state index in [0.29, 0.717) is 12.3 Å². The second kappa shape index (κ2) is 6.02. The highest BCUT2D eigenvalue weighted by atomic mass is 16.6. The van der Waals surface area contributed by atoms with Gasteiger partial charge < -0.3 is 9.64 Å². The largest absolute Gasteiger partial charge is 0.383 e. The molecule has 0 aliphatic rings. The average molecular weight is 225 g/mol. The number of aromatic nitrogens is 1. The van der Waals surface area contributed by atoms with Crippen LogP contribution in [0.15, 0.2) is 18.3 Å². The summed E-state index contributed by atoms with van der Waals surface area (Å²) in [6, 6.07) is 3.49. The van der Waals surface area contributed by atoms with Gasteiger partial charge in [0.05, 0.1) is 18.5 Å². The van der Waals surface area contributed by atoms with Gasteiger partial charge in [-0.2, -0.15) is 0 Å². The fourth-order valence-corrected chi connectivity index (χ4v) is 1.23. The number of anilines is 1. The third kappa shape index (κ3) is 3.82. The number of methoxy groups -OCH3 is 1. The third-order valence-corrected chi connectivity index (χ3v) is 2.17. The van der Waals surface area contributed by atoms with Gasteiger partial charge in [-0.1, -0.05) is 0 Å². The minimum absolute atomic E-state index is 0.234. The van der Waals surface area contributed by atoms with E-state index in [2.05, 4.69) is 4.98 Å². The van der Waals surface area contributed by atoms with Crippen molar-refractivity contribution in [2.75, 3.05) is 32.2 Å². The lowest BCUT2D eigenvalue weighted by Gasteiger charge is -2.18. The molecular formula is C10H15N3O3. The van der Waals surface area contributed by atoms with Crippen molar-refractivity contribution in [2.24, 2.45) is 0 Å². The van der Waals surface area contributed by atoms with Crippen LogP contribution in [0.5, 0.6) is 0 Å². The molecule has 0 atom stereocenters. The van der Waals surface area contributed by atoms with Crippen LogP contribution in [0.1, 0.15) is 5.69 Å². The van der Waals surface area contributed by atoms with Gasteiger partial charge in [0.25, 0.3) is 0 Å². The van der Waals surface area contributed by atoms with Gasteiger partial charge in [0, 0.05) is 25.6 Å². The van der Waals surface area contributed by atoms with E-state index in [4.69, 9.17) is 4.74 Å². The summed E-state index contributed by atoms with van der Waals surface area (Å²) < 4.78 is 4.96. The van der Waals surface area contributed by atoms with Crippen LogP contribution in [-0.4, -0.2) is 37.2 Å². The molecule has 0 saturated carbocycles. The first kappa shape index (κ1) is 12.4. The molecule has 0 amide bonds. The lowest BCUT2D eigenvalue weighted by Crippen LogP contribution is -2.22. The zero-order valence-electron chi connectivity index (χ0n) is 9.42. The average Bonchev–Trinajstić information content (AvgIpc) is 2.26. The number of rotatable bonds is 6. The van der Waals surface area contributed by atoms with Gasteiger partial charge in [-0.3, -0.25) is 15.1 Å². The third-order valence-electron chi connectivity index (χ3n) is 2.17. The number of likely N-dealkylation sites (N-methyl/N-ethyl adjacent to an activating group) is 1. The first-order valence-electron chi connectivity index (χ1n) is 4.90. The highest BCUT2D eigenvalue weighted by molar-refractivity contribution is 5.43. The Morgan fingerprint density at radius 1 is 1.56 bits per heavy atom. The fourth-order valence-electron chi connectivity index (χ4n) is 1.23. The van der Waals surface area contributed by atoms with Crippen LogP contribution in [0, 0.1) is 10.1 Å². The second-order valence-electron chi connectivity index (χ2n) is 3.41. The van der Waals surface area contributed by atoms with E-state index in [-0.39, 0.29) is 6.54 Å². The molecule has 1 rings (SSSR count). The Morgan fingerprint density at radius 2 is 2.31 bits per heavy atom. The van der Waals surface area contributed by atoms with Crippen molar-refractivity contribution in [2.45, 2.75) is 6.54 Å². The molecule has 0 unspecified atom stereocenters. The van der Waals surface area contributed by atoms with Crippen molar-refractivity contribution in [1.82, 2.24) is 4.98 Å². The fraction of sp³-hybridized carbons (Fsp3) is 0.500. The lowest BCUT2D eigenvalue weighted by atomic mass is 10.3. The first-order chi connectivity index (χ1) is 7.63. The van der Waals surface area contributed by atoms with Crippen molar-refractivity contribution in [3.05, 3.63) is 34.1 Å². The maximum absolute atomic E-state index is 10.3. The molecule has 0 saturated heterocycles. The molecule has 0 N–H and O–H groups in total. The molecule has 1 heterocycles. The van der Waals surface area contributed by atoms with Crippen LogP contribution >= 0.6 is 0 Å². The smallest absolute Gasteiger partial charge is 0.245 e. The van der Waals surface area contributed by atoms with Crippen LogP contribution in [0.2, 0.25) is 0 Å². The van der Waals surface area contributed by atoms with Crippen molar-refractivity contribution in [3.8, 4) is 0 Å². The molecule has 6 nitrogen and oxygen atoms in total. The molecule has 88 valence electrons. The van der Waals surface area contributed by atoms with E-state index in [1.54, 1.807) is 19.4 Å². The topological polar surface area (TPSA) is 68.5 Å². The van der Waals surface area contributed by atoms with Gasteiger partial charge in [0.2, 0.25) is 6.54 Å². The standard InChI is InChI=1S/C10H15N3O3/c1-12(5-6-16-2)10-4-3-9(11-7-10)8-13(14)15/h3-4,7H,5-6,8H2,1-2H3. The van der Waals surface area contributed by atoms with Gasteiger partial charge in [0.1, 0.15) is 5.69 Å². The first-order valence-corrected chi connectivity index (χ1v) is 4.90. The quantitative estimate of drug-likeness (QED) is 0.532. The van der Waals surface area contributed by atoms with Crippen molar-refractivity contribution in [3.63, 3.8) is 0 Å². The van der Waals surface area contributed by atoms with Gasteiger partial charge in [-0.25, -0.2) is 0 Å². The molecule has 0 aromatic carbocycles. The Bertz CT molecular complexity index is 340. The molecule has 0 bridgehead atoms. The molecule has 6 heteroatoms. The van der Waals surface area contributed by atoms with Gasteiger partial charge in [-0.05, 0) is 12.1 Å². The molecule has 1 aromatic heterocycles. The van der Waals surface area contributed by atoms with E-state index in [0.717, 1.165) is 12.2 Å². The lowest BCUT2D eigenvalue weighted by molar-refractivity contribution is -0.497. The van der Waals surface area contributed by atoms with E-state index in [1.165, 1.54) is 0 Å². The molecule has 0 aliphatic heterocycles. The molecule has 0 spiro atoms. The summed E-state index contributed by atoms with van der Waals surface area (Å²) in [5, 5.41) is 10.3. The summed E-state index contributed by atoms with van der Waals surface area (Å²) in [6.45, 7) is 1.15. The Morgan fingerprint density at radius 3 is 2.81 bits per heavy atom. The highest BCUT2D eigenvalue weighted by Crippen LogP contribution is 2.11. The maximum atomic E-state index is 10.3. The molecule has 0 aliphatic carbocycles. The Balaban J connectivity index is 2.59. The van der Waals surface area contributed by atoms with Crippen LogP contribution in [0.3, 0.4) is 0 Å². The Labute approximate surface area is 94.0 Å². The predicted molar refractivity (Wildman–Crippen MR) is 60.1 cm³/mol. The van der Waals surface area contributed by atoms with Crippen LogP contribution in [-0.2, 0) is 11.3 Å². The minimum Gasteiger partial charge on any atom is -0.383 e. The number of nitrogens with zero attached hydrogens (tertiary/aromatic N) is 3. The summed E-state index contributed by atoms with van der Waals surface area (Å²) in [7, 11) is 3.56. The number of hydrogen-bond donors (Lipinski definition) is 0. The second-order valence-corrected chi connectivity index (χ2v) is 3.41. The van der Waals surface area contributed by atoms with Crippen LogP contribution in [0.4, 0.5) is 5.69 Å². The zero-order valence-corrected chi connectivity index (χ0v) is 9.42. The summed E-state index contributed by atoms with van der Waals surface area (Å²) in [6.07, 6.45) is 1.63. The number of hydrogen-bond acceptors (Lipinski definition) is 5. The van der Waals surface area contributed by atoms with E-state index >= 15 is 0 Å². The summed E-state index contributed by atoms with van der Waals surface area (Å²) in [5.74, 6) is 0. The maximum Gasteiger partial charge on any atom is 0.245 e. The molecule has 0 radical (unpaired) electrons. The van der Waals surface area contributed by atoms with Crippen molar-refractivity contribution >= 4 is 5.69 Å². The zero-order chi connectivity index (χ0) is 12.0. The van der Waals surface area contributed by atoms with Crippen LogP contribution in [0.25, 0.3) is 0 Å². The van der Waals surface area contributed by atoms with Crippen LogP contribution < -0.4 is 4.90 Å². The Kier molecular flexibility index (Phi) is 4.65. The van der Waals surface area contributed by atoms with Gasteiger partial charge in [0.15, 0.2) is 0 Å². The molecule has 16 heavy (non-hydrogen) atoms. The summed E-state index contributed by atoms with van der Waals surface area (Å²) in [4.78, 5) is 15.9. The monoisotopic (exact) mass is 225 g/mol. The number of pyridine rings is 1. The number of ether oxygens (including phenoxy) is 1. The van der Waals surface area contributed by atoms with E-state index in [1.807, 2.05) is 18.0 Å². The number of nitro groups is 1.